The van der Waals surface area contributed by atoms with Gasteiger partial charge in [-0.15, -0.1) is 12.3 Å². The molecule has 1 aromatic heterocycles. The summed E-state index contributed by atoms with van der Waals surface area (Å²) in [6, 6.07) is 7.18. The van der Waals surface area contributed by atoms with Gasteiger partial charge in [0.2, 0.25) is 0 Å². The van der Waals surface area contributed by atoms with Gasteiger partial charge in [0.05, 0.1) is 21.7 Å². The minimum atomic E-state index is -0.184. The molecule has 7 rings (SSSR count). The number of aromatic nitrogens is 2. The average Bonchev–Trinajstić information content (AvgIpc) is 3.25. The zero-order valence-electron chi connectivity index (χ0n) is 23.1. The Hall–Kier alpha value is -3.04. The van der Waals surface area contributed by atoms with E-state index in [-0.39, 0.29) is 17.0 Å². The molecular formula is C33H37ClN4O2. The van der Waals surface area contributed by atoms with Crippen LogP contribution in [0.4, 0.5) is 4.79 Å². The SMILES string of the molecule is C#CC1CCN(C(=O)N2CCC(c3ccc4c(c3)-n3c(nc(=O)c5c3CCC=C5Cl)C43CCCCC3)CC2)CC1. The van der Waals surface area contributed by atoms with Crippen molar-refractivity contribution in [3.8, 4) is 18.0 Å². The number of piperidine rings is 2. The zero-order chi connectivity index (χ0) is 27.4. The Kier molecular flexibility index (Phi) is 6.54. The van der Waals surface area contributed by atoms with Crippen molar-refractivity contribution in [1.82, 2.24) is 19.4 Å². The molecule has 6 nitrogen and oxygen atoms in total. The summed E-state index contributed by atoms with van der Waals surface area (Å²) in [6.07, 6.45) is 18.5. The quantitative estimate of drug-likeness (QED) is 0.407. The molecule has 0 bridgehead atoms. The van der Waals surface area contributed by atoms with Crippen molar-refractivity contribution in [3.63, 3.8) is 0 Å². The van der Waals surface area contributed by atoms with Crippen molar-refractivity contribution >= 4 is 22.7 Å². The summed E-state index contributed by atoms with van der Waals surface area (Å²) in [5.41, 5.74) is 5.09. The third kappa shape index (κ3) is 4.04. The third-order valence-electron chi connectivity index (χ3n) is 10.3. The fourth-order valence-electron chi connectivity index (χ4n) is 8.06. The molecule has 0 unspecified atom stereocenters. The number of carbonyl (C=O) groups is 1. The fourth-order valence-corrected chi connectivity index (χ4v) is 8.36. The summed E-state index contributed by atoms with van der Waals surface area (Å²) in [5, 5.41) is 0.539. The highest BCUT2D eigenvalue weighted by Crippen LogP contribution is 2.52. The van der Waals surface area contributed by atoms with E-state index in [0.717, 1.165) is 102 Å². The van der Waals surface area contributed by atoms with E-state index in [0.29, 0.717) is 22.4 Å². The molecule has 2 aromatic rings. The molecule has 2 saturated heterocycles. The topological polar surface area (TPSA) is 58.4 Å². The van der Waals surface area contributed by atoms with Crippen molar-refractivity contribution in [3.05, 3.63) is 62.8 Å². The van der Waals surface area contributed by atoms with Crippen molar-refractivity contribution in [1.29, 1.82) is 0 Å². The Bertz CT molecular complexity index is 1480. The number of likely N-dealkylation sites (tertiary alicyclic amines) is 2. The predicted molar refractivity (Wildman–Crippen MR) is 158 cm³/mol. The van der Waals surface area contributed by atoms with Crippen LogP contribution in [0.25, 0.3) is 10.7 Å². The first kappa shape index (κ1) is 25.9. The van der Waals surface area contributed by atoms with Gasteiger partial charge in [-0.05, 0) is 74.5 Å². The van der Waals surface area contributed by atoms with Crippen LogP contribution >= 0.6 is 11.6 Å². The van der Waals surface area contributed by atoms with Crippen LogP contribution < -0.4 is 5.56 Å². The lowest BCUT2D eigenvalue weighted by molar-refractivity contribution is 0.127. The number of rotatable bonds is 1. The number of benzene rings is 1. The van der Waals surface area contributed by atoms with E-state index in [2.05, 4.69) is 28.7 Å². The Labute approximate surface area is 241 Å². The molecular weight excluding hydrogens is 520 g/mol. The maximum atomic E-state index is 13.3. The smallest absolute Gasteiger partial charge is 0.319 e. The molecule has 5 aliphatic rings. The lowest BCUT2D eigenvalue weighted by Gasteiger charge is -2.38. The van der Waals surface area contributed by atoms with Gasteiger partial charge < -0.3 is 14.4 Å². The maximum Gasteiger partial charge on any atom is 0.319 e. The van der Waals surface area contributed by atoms with Crippen LogP contribution in [0.2, 0.25) is 0 Å². The number of allylic oxidation sites excluding steroid dienone is 1. The summed E-state index contributed by atoms with van der Waals surface area (Å²) in [7, 11) is 0. The van der Waals surface area contributed by atoms with E-state index in [1.54, 1.807) is 0 Å². The molecule has 0 atom stereocenters. The van der Waals surface area contributed by atoms with Crippen molar-refractivity contribution in [2.45, 2.75) is 82.0 Å². The Morgan fingerprint density at radius 1 is 1.02 bits per heavy atom. The van der Waals surface area contributed by atoms with E-state index in [1.807, 2.05) is 15.9 Å². The largest absolute Gasteiger partial charge is 0.325 e. The Morgan fingerprint density at radius 2 is 1.73 bits per heavy atom. The van der Waals surface area contributed by atoms with Crippen LogP contribution in [0.15, 0.2) is 29.1 Å². The van der Waals surface area contributed by atoms with Crippen LogP contribution in [0.1, 0.15) is 98.3 Å². The van der Waals surface area contributed by atoms with Crippen LogP contribution in [-0.4, -0.2) is 51.6 Å². The third-order valence-corrected chi connectivity index (χ3v) is 10.6. The summed E-state index contributed by atoms with van der Waals surface area (Å²) < 4.78 is 2.31. The minimum absolute atomic E-state index is 0.169. The number of amides is 2. The molecule has 0 N–H and O–H groups in total. The van der Waals surface area contributed by atoms with Crippen LogP contribution in [0.5, 0.6) is 0 Å². The van der Waals surface area contributed by atoms with Gasteiger partial charge in [0.15, 0.2) is 0 Å². The maximum absolute atomic E-state index is 13.3. The fraction of sp³-hybridized carbons (Fsp3) is 0.545. The van der Waals surface area contributed by atoms with Crippen LogP contribution in [-0.2, 0) is 11.8 Å². The van der Waals surface area contributed by atoms with Gasteiger partial charge in [-0.3, -0.25) is 4.79 Å². The summed E-state index contributed by atoms with van der Waals surface area (Å²) in [6.45, 7) is 3.08. The van der Waals surface area contributed by atoms with E-state index < -0.39 is 0 Å². The standard InChI is InChI=1S/C33H37ClN4O2/c1-2-22-11-17-36(18-12-22)32(40)37-19-13-23(14-20-37)24-9-10-25-28(21-24)38-27-8-6-7-26(34)29(27)30(39)35-31(38)33(25)15-4-3-5-16-33/h1,7,9-10,21-23H,3-6,8,11-20H2. The number of urea groups is 1. The number of hydrogen-bond acceptors (Lipinski definition) is 3. The second kappa shape index (κ2) is 10.1. The highest BCUT2D eigenvalue weighted by molar-refractivity contribution is 6.48. The number of hydrogen-bond donors (Lipinski definition) is 0. The molecule has 1 aromatic carbocycles. The molecule has 3 aliphatic heterocycles. The van der Waals surface area contributed by atoms with Crippen LogP contribution in [0.3, 0.4) is 0 Å². The van der Waals surface area contributed by atoms with Gasteiger partial charge >= 0.3 is 6.03 Å². The Morgan fingerprint density at radius 3 is 2.42 bits per heavy atom. The average molecular weight is 557 g/mol. The van der Waals surface area contributed by atoms with Gasteiger partial charge in [-0.1, -0.05) is 49.1 Å². The van der Waals surface area contributed by atoms with Gasteiger partial charge in [0.25, 0.3) is 5.56 Å². The zero-order valence-corrected chi connectivity index (χ0v) is 23.9. The monoisotopic (exact) mass is 556 g/mol. The number of terminal acetylenes is 1. The highest BCUT2D eigenvalue weighted by atomic mass is 35.5. The van der Waals surface area contributed by atoms with Gasteiger partial charge in [-0.2, -0.15) is 4.98 Å². The number of nitrogens with zero attached hydrogens (tertiary/aromatic N) is 4. The molecule has 1 saturated carbocycles. The van der Waals surface area contributed by atoms with E-state index in [4.69, 9.17) is 23.0 Å². The molecule has 0 radical (unpaired) electrons. The first-order valence-corrected chi connectivity index (χ1v) is 15.5. The molecule has 2 aliphatic carbocycles. The number of fused-ring (bicyclic) bond motifs is 7. The highest BCUT2D eigenvalue weighted by Gasteiger charge is 2.47. The first-order chi connectivity index (χ1) is 19.5. The van der Waals surface area contributed by atoms with Gasteiger partial charge in [0.1, 0.15) is 5.82 Å². The molecule has 1 spiro atoms. The number of carbonyl (C=O) groups excluding carboxylic acids is 1. The van der Waals surface area contributed by atoms with Crippen molar-refractivity contribution in [2.24, 2.45) is 5.92 Å². The normalized spacial score (nSPS) is 22.4. The van der Waals surface area contributed by atoms with Crippen LogP contribution in [0, 0.1) is 18.3 Å². The molecule has 7 heteroatoms. The lowest BCUT2D eigenvalue weighted by atomic mass is 9.69. The Balaban J connectivity index is 1.18. The van der Waals surface area contributed by atoms with E-state index >= 15 is 0 Å². The second-order valence-corrected chi connectivity index (χ2v) is 12.8. The lowest BCUT2D eigenvalue weighted by Crippen LogP contribution is -2.49. The molecule has 40 heavy (non-hydrogen) atoms. The van der Waals surface area contributed by atoms with Crippen molar-refractivity contribution in [2.75, 3.05) is 26.2 Å². The molecule has 2 amide bonds. The van der Waals surface area contributed by atoms with E-state index in [9.17, 15) is 9.59 Å². The van der Waals surface area contributed by atoms with E-state index in [1.165, 1.54) is 23.2 Å². The second-order valence-electron chi connectivity index (χ2n) is 12.4. The minimum Gasteiger partial charge on any atom is -0.325 e. The van der Waals surface area contributed by atoms with Gasteiger partial charge in [0, 0.05) is 37.8 Å². The first-order valence-electron chi connectivity index (χ1n) is 15.2. The summed E-state index contributed by atoms with van der Waals surface area (Å²) in [5.74, 6) is 4.49. The number of halogens is 1. The predicted octanol–water partition coefficient (Wildman–Crippen LogP) is 5.97. The van der Waals surface area contributed by atoms with Gasteiger partial charge in [-0.25, -0.2) is 4.79 Å². The molecule has 3 fully saturated rings. The summed E-state index contributed by atoms with van der Waals surface area (Å²) >= 11 is 6.58. The molecule has 4 heterocycles. The molecule has 208 valence electrons. The summed E-state index contributed by atoms with van der Waals surface area (Å²) in [4.78, 5) is 35.2. The van der Waals surface area contributed by atoms with Crippen molar-refractivity contribution < 1.29 is 4.79 Å².